The molecule has 0 N–H and O–H groups in total. The molecule has 1 aliphatic rings. The highest BCUT2D eigenvalue weighted by Crippen LogP contribution is 2.36. The van der Waals surface area contributed by atoms with Gasteiger partial charge in [0.25, 0.3) is 5.91 Å². The summed E-state index contributed by atoms with van der Waals surface area (Å²) >= 11 is 5.85. The lowest BCUT2D eigenvalue weighted by Crippen LogP contribution is -2.45. The first kappa shape index (κ1) is 12.8. The van der Waals surface area contributed by atoms with Crippen molar-refractivity contribution < 1.29 is 4.79 Å². The second-order valence-electron chi connectivity index (χ2n) is 4.35. The van der Waals surface area contributed by atoms with Gasteiger partial charge in [-0.1, -0.05) is 6.08 Å². The summed E-state index contributed by atoms with van der Waals surface area (Å²) < 4.78 is 0. The Morgan fingerprint density at radius 3 is 2.67 bits per heavy atom. The van der Waals surface area contributed by atoms with Crippen LogP contribution < -0.4 is 9.80 Å². The zero-order valence-electron chi connectivity index (χ0n) is 10.8. The molecule has 2 heterocycles. The lowest BCUT2D eigenvalue weighted by atomic mass is 10.1. The van der Waals surface area contributed by atoms with Crippen LogP contribution in [0.3, 0.4) is 0 Å². The summed E-state index contributed by atoms with van der Waals surface area (Å²) in [5.41, 5.74) is 1.28. The van der Waals surface area contributed by atoms with Crippen LogP contribution in [0.1, 0.15) is 20.8 Å². The third-order valence-corrected chi connectivity index (χ3v) is 3.07. The maximum absolute atomic E-state index is 12.2. The van der Waals surface area contributed by atoms with Gasteiger partial charge in [-0.15, -0.1) is 0 Å². The molecule has 1 aliphatic heterocycles. The van der Waals surface area contributed by atoms with Crippen LogP contribution in [0.15, 0.2) is 18.0 Å². The number of rotatable bonds is 1. The number of carbonyl (C=O) groups excluding carboxylic acids is 1. The molecule has 0 aliphatic carbocycles. The molecule has 5 nitrogen and oxygen atoms in total. The highest BCUT2D eigenvalue weighted by molar-refractivity contribution is 6.28. The van der Waals surface area contributed by atoms with E-state index in [2.05, 4.69) is 9.97 Å². The SMILES string of the molecule is C/C=C1\C(=O)N(C)c2cnc(Cl)nc2N1C(C)C. The first-order valence-corrected chi connectivity index (χ1v) is 6.11. The Morgan fingerprint density at radius 1 is 1.44 bits per heavy atom. The van der Waals surface area contributed by atoms with Gasteiger partial charge in [0, 0.05) is 13.1 Å². The van der Waals surface area contributed by atoms with E-state index in [1.165, 1.54) is 0 Å². The number of hydrogen-bond donors (Lipinski definition) is 0. The highest BCUT2D eigenvalue weighted by Gasteiger charge is 2.34. The first-order chi connectivity index (χ1) is 8.47. The molecule has 0 saturated heterocycles. The lowest BCUT2D eigenvalue weighted by Gasteiger charge is -2.38. The van der Waals surface area contributed by atoms with Gasteiger partial charge in [-0.05, 0) is 32.4 Å². The maximum Gasteiger partial charge on any atom is 0.274 e. The van der Waals surface area contributed by atoms with E-state index in [0.29, 0.717) is 17.2 Å². The standard InChI is InChI=1S/C12H15ClN4O/c1-5-8-11(18)16(4)9-6-14-12(13)15-10(9)17(8)7(2)3/h5-7H,1-4H3/b8-5+. The molecule has 0 fully saturated rings. The summed E-state index contributed by atoms with van der Waals surface area (Å²) in [5, 5.41) is 0.178. The summed E-state index contributed by atoms with van der Waals surface area (Å²) in [4.78, 5) is 23.8. The van der Waals surface area contributed by atoms with Gasteiger partial charge in [0.1, 0.15) is 11.4 Å². The fraction of sp³-hybridized carbons (Fsp3) is 0.417. The van der Waals surface area contributed by atoms with Crippen molar-refractivity contribution in [2.24, 2.45) is 0 Å². The molecule has 1 amide bonds. The van der Waals surface area contributed by atoms with Gasteiger partial charge in [0.15, 0.2) is 5.82 Å². The van der Waals surface area contributed by atoms with Crippen molar-refractivity contribution >= 4 is 29.0 Å². The number of nitrogens with zero attached hydrogens (tertiary/aromatic N) is 4. The molecule has 0 spiro atoms. The molecular formula is C12H15ClN4O. The number of likely N-dealkylation sites (N-methyl/N-ethyl adjacent to an activating group) is 1. The third-order valence-electron chi connectivity index (χ3n) is 2.88. The average Bonchev–Trinajstić information content (AvgIpc) is 2.32. The van der Waals surface area contributed by atoms with Gasteiger partial charge in [0.05, 0.1) is 6.20 Å². The second kappa shape index (κ2) is 4.57. The summed E-state index contributed by atoms with van der Waals surface area (Å²) in [5.74, 6) is 0.602. The van der Waals surface area contributed by atoms with Crippen molar-refractivity contribution in [3.8, 4) is 0 Å². The molecule has 0 unspecified atom stereocenters. The number of halogens is 1. The molecule has 1 aromatic rings. The van der Waals surface area contributed by atoms with Gasteiger partial charge in [0.2, 0.25) is 5.28 Å². The Bertz CT molecular complexity index is 527. The van der Waals surface area contributed by atoms with E-state index in [1.54, 1.807) is 24.2 Å². The van der Waals surface area contributed by atoms with Gasteiger partial charge >= 0.3 is 0 Å². The van der Waals surface area contributed by atoms with Crippen LogP contribution in [0, 0.1) is 0 Å². The Kier molecular flexibility index (Phi) is 3.26. The topological polar surface area (TPSA) is 49.3 Å². The predicted octanol–water partition coefficient (Wildman–Crippen LogP) is 2.22. The minimum atomic E-state index is -0.0652. The second-order valence-corrected chi connectivity index (χ2v) is 4.69. The average molecular weight is 267 g/mol. The van der Waals surface area contributed by atoms with Crippen LogP contribution in [0.4, 0.5) is 11.5 Å². The quantitative estimate of drug-likeness (QED) is 0.578. The fourth-order valence-electron chi connectivity index (χ4n) is 2.04. The normalized spacial score (nSPS) is 17.7. The van der Waals surface area contributed by atoms with Crippen molar-refractivity contribution in [1.82, 2.24) is 9.97 Å². The van der Waals surface area contributed by atoms with Gasteiger partial charge < -0.3 is 9.80 Å². The third kappa shape index (κ3) is 1.84. The molecule has 18 heavy (non-hydrogen) atoms. The smallest absolute Gasteiger partial charge is 0.274 e. The van der Waals surface area contributed by atoms with Crippen molar-refractivity contribution in [2.45, 2.75) is 26.8 Å². The van der Waals surface area contributed by atoms with E-state index in [4.69, 9.17) is 11.6 Å². The van der Waals surface area contributed by atoms with Crippen LogP contribution in [0.2, 0.25) is 5.28 Å². The van der Waals surface area contributed by atoms with Crippen molar-refractivity contribution in [3.05, 3.63) is 23.3 Å². The Hall–Kier alpha value is -1.62. The minimum Gasteiger partial charge on any atom is -0.318 e. The van der Waals surface area contributed by atoms with Gasteiger partial charge in [-0.3, -0.25) is 4.79 Å². The zero-order chi connectivity index (χ0) is 13.4. The van der Waals surface area contributed by atoms with E-state index >= 15 is 0 Å². The largest absolute Gasteiger partial charge is 0.318 e. The molecule has 0 aromatic carbocycles. The van der Waals surface area contributed by atoms with E-state index in [0.717, 1.165) is 0 Å². The van der Waals surface area contributed by atoms with Gasteiger partial charge in [-0.2, -0.15) is 4.98 Å². The highest BCUT2D eigenvalue weighted by atomic mass is 35.5. The molecular weight excluding hydrogens is 252 g/mol. The zero-order valence-corrected chi connectivity index (χ0v) is 11.6. The molecule has 0 radical (unpaired) electrons. The Labute approximate surface area is 111 Å². The van der Waals surface area contributed by atoms with E-state index in [-0.39, 0.29) is 17.2 Å². The lowest BCUT2D eigenvalue weighted by molar-refractivity contribution is -0.115. The molecule has 0 saturated carbocycles. The fourth-order valence-corrected chi connectivity index (χ4v) is 2.17. The first-order valence-electron chi connectivity index (χ1n) is 5.73. The van der Waals surface area contributed by atoms with E-state index in [9.17, 15) is 4.79 Å². The van der Waals surface area contributed by atoms with Crippen LogP contribution in [-0.4, -0.2) is 29.0 Å². The molecule has 0 atom stereocenters. The van der Waals surface area contributed by atoms with Crippen molar-refractivity contribution in [3.63, 3.8) is 0 Å². The number of amides is 1. The van der Waals surface area contributed by atoms with E-state index < -0.39 is 0 Å². The van der Waals surface area contributed by atoms with Crippen LogP contribution in [-0.2, 0) is 4.79 Å². The number of fused-ring (bicyclic) bond motifs is 1. The van der Waals surface area contributed by atoms with Crippen molar-refractivity contribution in [1.29, 1.82) is 0 Å². The maximum atomic E-state index is 12.2. The summed E-state index contributed by atoms with van der Waals surface area (Å²) in [6.45, 7) is 5.84. The number of carbonyl (C=O) groups is 1. The number of anilines is 2. The molecule has 0 bridgehead atoms. The summed E-state index contributed by atoms with van der Waals surface area (Å²) in [7, 11) is 1.71. The number of hydrogen-bond acceptors (Lipinski definition) is 4. The Morgan fingerprint density at radius 2 is 2.11 bits per heavy atom. The predicted molar refractivity (Wildman–Crippen MR) is 71.8 cm³/mol. The molecule has 96 valence electrons. The summed E-state index contributed by atoms with van der Waals surface area (Å²) in [6, 6.07) is 0.110. The summed E-state index contributed by atoms with van der Waals surface area (Å²) in [6.07, 6.45) is 3.36. The van der Waals surface area contributed by atoms with Crippen LogP contribution >= 0.6 is 11.6 Å². The minimum absolute atomic E-state index is 0.0652. The van der Waals surface area contributed by atoms with E-state index in [1.807, 2.05) is 25.7 Å². The van der Waals surface area contributed by atoms with Gasteiger partial charge in [-0.25, -0.2) is 4.98 Å². The monoisotopic (exact) mass is 266 g/mol. The number of allylic oxidation sites excluding steroid dienone is 1. The molecule has 6 heteroatoms. The van der Waals surface area contributed by atoms with Crippen LogP contribution in [0.5, 0.6) is 0 Å². The number of aromatic nitrogens is 2. The Balaban J connectivity index is 2.68. The molecule has 2 rings (SSSR count). The van der Waals surface area contributed by atoms with Crippen molar-refractivity contribution in [2.75, 3.05) is 16.8 Å². The van der Waals surface area contributed by atoms with Crippen LogP contribution in [0.25, 0.3) is 0 Å². The molecule has 1 aromatic heterocycles.